The molecule has 2 amide bonds. The molecule has 0 aliphatic rings. The molecule has 0 unspecified atom stereocenters. The summed E-state index contributed by atoms with van der Waals surface area (Å²) in [6, 6.07) is 7.55. The van der Waals surface area contributed by atoms with Crippen LogP contribution in [-0.4, -0.2) is 18.4 Å². The zero-order chi connectivity index (χ0) is 14.1. The number of amides is 2. The summed E-state index contributed by atoms with van der Waals surface area (Å²) in [7, 11) is 0. The van der Waals surface area contributed by atoms with E-state index < -0.39 is 11.8 Å². The van der Waals surface area contributed by atoms with Gasteiger partial charge in [0.2, 0.25) is 0 Å². The number of nitrogens with one attached hydrogen (secondary N) is 2. The summed E-state index contributed by atoms with van der Waals surface area (Å²) in [6.45, 7) is 5.89. The fraction of sp³-hybridized carbons (Fsp3) is 0.333. The second-order valence-corrected chi connectivity index (χ2v) is 4.25. The number of anilines is 1. The van der Waals surface area contributed by atoms with Crippen LogP contribution >= 0.6 is 0 Å². The average Bonchev–Trinajstić information content (AvgIpc) is 2.43. The van der Waals surface area contributed by atoms with E-state index in [-0.39, 0.29) is 6.54 Å². The molecular weight excluding hydrogens is 240 g/mol. The quantitative estimate of drug-likeness (QED) is 0.609. The molecule has 4 heteroatoms. The van der Waals surface area contributed by atoms with Gasteiger partial charge in [-0.3, -0.25) is 9.59 Å². The van der Waals surface area contributed by atoms with E-state index in [2.05, 4.69) is 24.1 Å². The summed E-state index contributed by atoms with van der Waals surface area (Å²) in [5.41, 5.74) is 1.86. The summed E-state index contributed by atoms with van der Waals surface area (Å²) in [5.74, 6) is -1.32. The molecule has 0 saturated heterocycles. The number of benzene rings is 1. The first-order chi connectivity index (χ1) is 9.17. The lowest BCUT2D eigenvalue weighted by Gasteiger charge is -2.06. The zero-order valence-electron chi connectivity index (χ0n) is 11.2. The predicted octanol–water partition coefficient (Wildman–Crippen LogP) is 2.27. The van der Waals surface area contributed by atoms with Crippen molar-refractivity contribution in [1.82, 2.24) is 5.32 Å². The molecule has 102 valence electrons. The Morgan fingerprint density at radius 3 is 2.47 bits per heavy atom. The summed E-state index contributed by atoms with van der Waals surface area (Å²) in [6.07, 6.45) is 4.86. The van der Waals surface area contributed by atoms with E-state index in [1.165, 1.54) is 11.6 Å². The maximum Gasteiger partial charge on any atom is 0.313 e. The van der Waals surface area contributed by atoms with E-state index in [1.54, 1.807) is 0 Å². The summed E-state index contributed by atoms with van der Waals surface area (Å²) in [4.78, 5) is 22.9. The van der Waals surface area contributed by atoms with E-state index in [0.717, 1.165) is 19.3 Å². The minimum Gasteiger partial charge on any atom is -0.344 e. The van der Waals surface area contributed by atoms with Crippen molar-refractivity contribution in [2.24, 2.45) is 0 Å². The largest absolute Gasteiger partial charge is 0.344 e. The van der Waals surface area contributed by atoms with Crippen LogP contribution in [0.2, 0.25) is 0 Å². The second kappa shape index (κ2) is 8.08. The van der Waals surface area contributed by atoms with E-state index in [1.807, 2.05) is 24.3 Å². The van der Waals surface area contributed by atoms with Gasteiger partial charge in [-0.1, -0.05) is 31.6 Å². The molecule has 0 aliphatic carbocycles. The van der Waals surface area contributed by atoms with Gasteiger partial charge >= 0.3 is 11.8 Å². The van der Waals surface area contributed by atoms with Crippen LogP contribution in [0, 0.1) is 0 Å². The molecule has 1 aromatic carbocycles. The van der Waals surface area contributed by atoms with Gasteiger partial charge in [-0.05, 0) is 30.5 Å². The minimum absolute atomic E-state index is 0.280. The van der Waals surface area contributed by atoms with Crippen molar-refractivity contribution in [3.8, 4) is 0 Å². The van der Waals surface area contributed by atoms with Crippen LogP contribution in [0.1, 0.15) is 25.3 Å². The van der Waals surface area contributed by atoms with Crippen molar-refractivity contribution in [3.63, 3.8) is 0 Å². The Labute approximate surface area is 113 Å². The smallest absolute Gasteiger partial charge is 0.313 e. The molecule has 0 atom stereocenters. The fourth-order valence-corrected chi connectivity index (χ4v) is 1.57. The third-order valence-electron chi connectivity index (χ3n) is 2.64. The van der Waals surface area contributed by atoms with Crippen molar-refractivity contribution in [3.05, 3.63) is 42.5 Å². The average molecular weight is 260 g/mol. The van der Waals surface area contributed by atoms with Crippen LogP contribution < -0.4 is 10.6 Å². The highest BCUT2D eigenvalue weighted by atomic mass is 16.2. The third-order valence-corrected chi connectivity index (χ3v) is 2.64. The lowest BCUT2D eigenvalue weighted by atomic mass is 10.1. The number of unbranched alkanes of at least 4 members (excludes halogenated alkanes) is 1. The maximum atomic E-state index is 11.5. The molecule has 2 N–H and O–H groups in total. The SMILES string of the molecule is C=CCNC(=O)C(=O)Nc1ccc(CCCC)cc1. The van der Waals surface area contributed by atoms with Gasteiger partial charge < -0.3 is 10.6 Å². The van der Waals surface area contributed by atoms with Crippen molar-refractivity contribution in [2.45, 2.75) is 26.2 Å². The molecule has 1 rings (SSSR count). The van der Waals surface area contributed by atoms with Gasteiger partial charge in [0.25, 0.3) is 0 Å². The van der Waals surface area contributed by atoms with E-state index in [9.17, 15) is 9.59 Å². The summed E-state index contributed by atoms with van der Waals surface area (Å²) in [5, 5.41) is 4.97. The first-order valence-corrected chi connectivity index (χ1v) is 6.46. The Hall–Kier alpha value is -2.10. The van der Waals surface area contributed by atoms with Crippen LogP contribution in [-0.2, 0) is 16.0 Å². The predicted molar refractivity (Wildman–Crippen MR) is 76.9 cm³/mol. The lowest BCUT2D eigenvalue weighted by Crippen LogP contribution is -2.35. The van der Waals surface area contributed by atoms with Gasteiger partial charge in [0, 0.05) is 12.2 Å². The van der Waals surface area contributed by atoms with Crippen LogP contribution in [0.3, 0.4) is 0 Å². The van der Waals surface area contributed by atoms with Crippen LogP contribution in [0.5, 0.6) is 0 Å². The van der Waals surface area contributed by atoms with Gasteiger partial charge in [-0.25, -0.2) is 0 Å². The van der Waals surface area contributed by atoms with Crippen LogP contribution in [0.15, 0.2) is 36.9 Å². The Balaban J connectivity index is 2.50. The fourth-order valence-electron chi connectivity index (χ4n) is 1.57. The van der Waals surface area contributed by atoms with Gasteiger partial charge in [-0.2, -0.15) is 0 Å². The minimum atomic E-state index is -0.664. The molecule has 19 heavy (non-hydrogen) atoms. The monoisotopic (exact) mass is 260 g/mol. The molecule has 0 aromatic heterocycles. The molecule has 0 spiro atoms. The maximum absolute atomic E-state index is 11.5. The van der Waals surface area contributed by atoms with Crippen molar-refractivity contribution in [2.75, 3.05) is 11.9 Å². The van der Waals surface area contributed by atoms with Gasteiger partial charge in [0.05, 0.1) is 0 Å². The van der Waals surface area contributed by atoms with Gasteiger partial charge in [0.1, 0.15) is 0 Å². The number of rotatable bonds is 6. The molecule has 0 radical (unpaired) electrons. The van der Waals surface area contributed by atoms with Crippen molar-refractivity contribution >= 4 is 17.5 Å². The number of hydrogen-bond acceptors (Lipinski definition) is 2. The van der Waals surface area contributed by atoms with Gasteiger partial charge in [0.15, 0.2) is 0 Å². The third kappa shape index (κ3) is 5.38. The first kappa shape index (κ1) is 15.0. The van der Waals surface area contributed by atoms with Crippen molar-refractivity contribution < 1.29 is 9.59 Å². The van der Waals surface area contributed by atoms with Crippen molar-refractivity contribution in [1.29, 1.82) is 0 Å². The van der Waals surface area contributed by atoms with E-state index in [4.69, 9.17) is 0 Å². The standard InChI is InChI=1S/C15H20N2O2/c1-3-5-6-12-7-9-13(10-8-12)17-15(19)14(18)16-11-4-2/h4,7-10H,2-3,5-6,11H2,1H3,(H,16,18)(H,17,19). The molecule has 4 nitrogen and oxygen atoms in total. The van der Waals surface area contributed by atoms with Gasteiger partial charge in [-0.15, -0.1) is 6.58 Å². The molecular formula is C15H20N2O2. The lowest BCUT2D eigenvalue weighted by molar-refractivity contribution is -0.136. The number of hydrogen-bond donors (Lipinski definition) is 2. The van der Waals surface area contributed by atoms with Crippen LogP contribution in [0.4, 0.5) is 5.69 Å². The molecule has 0 aliphatic heterocycles. The molecule has 0 saturated carbocycles. The highest BCUT2D eigenvalue weighted by molar-refractivity contribution is 6.39. The topological polar surface area (TPSA) is 58.2 Å². The Bertz CT molecular complexity index is 438. The zero-order valence-corrected chi connectivity index (χ0v) is 11.2. The normalized spacial score (nSPS) is 9.74. The number of carbonyl (C=O) groups is 2. The first-order valence-electron chi connectivity index (χ1n) is 6.46. The van der Waals surface area contributed by atoms with E-state index >= 15 is 0 Å². The second-order valence-electron chi connectivity index (χ2n) is 4.25. The number of carbonyl (C=O) groups excluding carboxylic acids is 2. The Kier molecular flexibility index (Phi) is 6.36. The highest BCUT2D eigenvalue weighted by Crippen LogP contribution is 2.11. The molecule has 1 aromatic rings. The summed E-state index contributed by atoms with van der Waals surface area (Å²) < 4.78 is 0. The highest BCUT2D eigenvalue weighted by Gasteiger charge is 2.12. The molecule has 0 bridgehead atoms. The molecule has 0 heterocycles. The summed E-state index contributed by atoms with van der Waals surface area (Å²) >= 11 is 0. The Morgan fingerprint density at radius 1 is 1.21 bits per heavy atom. The van der Waals surface area contributed by atoms with Crippen LogP contribution in [0.25, 0.3) is 0 Å². The number of aryl methyl sites for hydroxylation is 1. The molecule has 0 fully saturated rings. The van der Waals surface area contributed by atoms with E-state index in [0.29, 0.717) is 5.69 Å². The Morgan fingerprint density at radius 2 is 1.89 bits per heavy atom.